The molecule has 1 saturated heterocycles. The van der Waals surface area contributed by atoms with E-state index in [2.05, 4.69) is 77.9 Å². The first-order chi connectivity index (χ1) is 18.0. The SMILES string of the molecule is C=O.CONc1ccc(C(=O)N2CC(N(C)Cc3ccccc3)C2)cc1.Cc1cccc2cccnc12. The van der Waals surface area contributed by atoms with E-state index in [4.69, 9.17) is 9.63 Å². The molecule has 2 heterocycles. The van der Waals surface area contributed by atoms with Crippen molar-refractivity contribution < 1.29 is 14.4 Å². The predicted molar refractivity (Wildman–Crippen MR) is 148 cm³/mol. The van der Waals surface area contributed by atoms with Gasteiger partial charge in [0.1, 0.15) is 6.79 Å². The molecule has 1 aliphatic rings. The lowest BCUT2D eigenvalue weighted by Crippen LogP contribution is -2.59. The van der Waals surface area contributed by atoms with Gasteiger partial charge in [-0.05, 0) is 55.4 Å². The molecule has 1 aliphatic heterocycles. The number of likely N-dealkylation sites (tertiary alicyclic amines) is 1. The zero-order valence-electron chi connectivity index (χ0n) is 21.6. The van der Waals surface area contributed by atoms with Crippen molar-refractivity contribution in [2.75, 3.05) is 32.7 Å². The molecule has 192 valence electrons. The Bertz CT molecular complexity index is 1250. The first-order valence-electron chi connectivity index (χ1n) is 12.1. The molecule has 37 heavy (non-hydrogen) atoms. The highest BCUT2D eigenvalue weighted by Crippen LogP contribution is 2.20. The molecule has 1 N–H and O–H groups in total. The average Bonchev–Trinajstić information content (AvgIpc) is 2.91. The van der Waals surface area contributed by atoms with Gasteiger partial charge < -0.3 is 9.69 Å². The molecule has 5 rings (SSSR count). The van der Waals surface area contributed by atoms with E-state index in [9.17, 15) is 4.79 Å². The summed E-state index contributed by atoms with van der Waals surface area (Å²) in [6, 6.07) is 28.4. The van der Waals surface area contributed by atoms with Crippen molar-refractivity contribution in [2.45, 2.75) is 19.5 Å². The van der Waals surface area contributed by atoms with Crippen molar-refractivity contribution in [2.24, 2.45) is 0 Å². The summed E-state index contributed by atoms with van der Waals surface area (Å²) in [7, 11) is 3.68. The van der Waals surface area contributed by atoms with Crippen LogP contribution in [0.2, 0.25) is 0 Å². The zero-order valence-corrected chi connectivity index (χ0v) is 21.6. The summed E-state index contributed by atoms with van der Waals surface area (Å²) in [4.78, 5) is 33.8. The molecule has 7 nitrogen and oxygen atoms in total. The third-order valence-corrected chi connectivity index (χ3v) is 6.23. The average molecular weight is 499 g/mol. The summed E-state index contributed by atoms with van der Waals surface area (Å²) in [5.41, 5.74) is 7.93. The Morgan fingerprint density at radius 2 is 1.68 bits per heavy atom. The minimum Gasteiger partial charge on any atom is -0.335 e. The van der Waals surface area contributed by atoms with Gasteiger partial charge in [0.2, 0.25) is 0 Å². The van der Waals surface area contributed by atoms with Gasteiger partial charge in [-0.15, -0.1) is 0 Å². The summed E-state index contributed by atoms with van der Waals surface area (Å²) < 4.78 is 0. The molecule has 3 aromatic carbocycles. The van der Waals surface area contributed by atoms with Crippen molar-refractivity contribution in [1.82, 2.24) is 14.8 Å². The van der Waals surface area contributed by atoms with Crippen molar-refractivity contribution in [3.8, 4) is 0 Å². The molecule has 1 fully saturated rings. The van der Waals surface area contributed by atoms with Crippen molar-refractivity contribution in [3.63, 3.8) is 0 Å². The van der Waals surface area contributed by atoms with Crippen LogP contribution in [0.5, 0.6) is 0 Å². The number of carbonyl (C=O) groups is 2. The molecule has 4 aromatic rings. The third kappa shape index (κ3) is 7.46. The highest BCUT2D eigenvalue weighted by atomic mass is 16.6. The number of rotatable bonds is 6. The number of nitrogens with one attached hydrogen (secondary N) is 1. The van der Waals surface area contributed by atoms with Crippen molar-refractivity contribution in [3.05, 3.63) is 108 Å². The molecule has 7 heteroatoms. The number of hydrogen-bond acceptors (Lipinski definition) is 6. The van der Waals surface area contributed by atoms with Gasteiger partial charge in [-0.2, -0.15) is 0 Å². The van der Waals surface area contributed by atoms with Crippen molar-refractivity contribution in [1.29, 1.82) is 0 Å². The summed E-state index contributed by atoms with van der Waals surface area (Å²) in [6.07, 6.45) is 1.83. The number of hydrogen-bond donors (Lipinski definition) is 1. The predicted octanol–water partition coefficient (Wildman–Crippen LogP) is 4.97. The fourth-order valence-corrected chi connectivity index (χ4v) is 4.14. The number of likely N-dealkylation sites (N-methyl/N-ethyl adjacent to an activating group) is 1. The first kappa shape index (κ1) is 27.5. The van der Waals surface area contributed by atoms with Crippen LogP contribution < -0.4 is 5.48 Å². The Labute approximate surface area is 218 Å². The van der Waals surface area contributed by atoms with Gasteiger partial charge in [-0.25, -0.2) is 0 Å². The molecule has 0 spiro atoms. The van der Waals surface area contributed by atoms with Gasteiger partial charge in [0.05, 0.1) is 18.3 Å². The van der Waals surface area contributed by atoms with Crippen LogP contribution in [0, 0.1) is 6.92 Å². The summed E-state index contributed by atoms with van der Waals surface area (Å²) >= 11 is 0. The molecule has 0 bridgehead atoms. The van der Waals surface area contributed by atoms with Crippen LogP contribution in [0.15, 0.2) is 91.1 Å². The second kappa shape index (κ2) is 13.9. The van der Waals surface area contributed by atoms with E-state index in [0.29, 0.717) is 11.6 Å². The van der Waals surface area contributed by atoms with Crippen LogP contribution in [0.4, 0.5) is 5.69 Å². The maximum Gasteiger partial charge on any atom is 0.253 e. The number of aryl methyl sites for hydroxylation is 1. The minimum absolute atomic E-state index is 0.0864. The molecule has 0 saturated carbocycles. The van der Waals surface area contributed by atoms with Crippen molar-refractivity contribution >= 4 is 29.3 Å². The van der Waals surface area contributed by atoms with Crippen LogP contribution in [-0.2, 0) is 16.2 Å². The largest absolute Gasteiger partial charge is 0.335 e. The fraction of sp³-hybridized carbons (Fsp3) is 0.233. The van der Waals surface area contributed by atoms with E-state index in [0.717, 1.165) is 30.8 Å². The molecule has 0 radical (unpaired) electrons. The molecule has 1 aromatic heterocycles. The highest BCUT2D eigenvalue weighted by Gasteiger charge is 2.33. The number of pyridine rings is 1. The molecular formula is C30H34N4O3. The van der Waals surface area contributed by atoms with E-state index < -0.39 is 0 Å². The number of para-hydroxylation sites is 1. The van der Waals surface area contributed by atoms with Gasteiger partial charge in [-0.3, -0.25) is 25.0 Å². The quantitative estimate of drug-likeness (QED) is 0.378. The fourth-order valence-electron chi connectivity index (χ4n) is 4.14. The highest BCUT2D eigenvalue weighted by molar-refractivity contribution is 5.95. The molecule has 0 unspecified atom stereocenters. The lowest BCUT2D eigenvalue weighted by molar-refractivity contribution is -0.0980. The number of anilines is 1. The minimum atomic E-state index is 0.0864. The van der Waals surface area contributed by atoms with Crippen LogP contribution in [0.25, 0.3) is 10.9 Å². The number of amides is 1. The Balaban J connectivity index is 0.000000243. The summed E-state index contributed by atoms with van der Waals surface area (Å²) in [6.45, 7) is 6.54. The summed E-state index contributed by atoms with van der Waals surface area (Å²) in [5.74, 6) is 0.0864. The number of fused-ring (bicyclic) bond motifs is 1. The van der Waals surface area contributed by atoms with Crippen LogP contribution in [-0.4, -0.2) is 60.8 Å². The Hall–Kier alpha value is -4.07. The lowest BCUT2D eigenvalue weighted by Gasteiger charge is -2.44. The van der Waals surface area contributed by atoms with Gasteiger partial charge in [0, 0.05) is 42.8 Å². The Morgan fingerprint density at radius 1 is 1.00 bits per heavy atom. The van der Waals surface area contributed by atoms with Gasteiger partial charge in [-0.1, -0.05) is 54.6 Å². The second-order valence-corrected chi connectivity index (χ2v) is 8.80. The van der Waals surface area contributed by atoms with E-state index in [1.807, 2.05) is 54.3 Å². The maximum atomic E-state index is 12.5. The molecular weight excluding hydrogens is 464 g/mol. The topological polar surface area (TPSA) is 74.8 Å². The van der Waals surface area contributed by atoms with Gasteiger partial charge in [0.25, 0.3) is 5.91 Å². The monoisotopic (exact) mass is 498 g/mol. The van der Waals surface area contributed by atoms with Gasteiger partial charge in [0.15, 0.2) is 0 Å². The lowest BCUT2D eigenvalue weighted by atomic mass is 10.0. The van der Waals surface area contributed by atoms with E-state index in [-0.39, 0.29) is 5.91 Å². The normalized spacial score (nSPS) is 12.6. The number of carbonyl (C=O) groups excluding carboxylic acids is 2. The molecule has 0 atom stereocenters. The Morgan fingerprint density at radius 3 is 2.32 bits per heavy atom. The maximum absolute atomic E-state index is 12.5. The molecule has 1 amide bonds. The van der Waals surface area contributed by atoms with Crippen LogP contribution in [0.3, 0.4) is 0 Å². The smallest absolute Gasteiger partial charge is 0.253 e. The summed E-state index contributed by atoms with van der Waals surface area (Å²) in [5, 5.41) is 1.22. The first-order valence-corrected chi connectivity index (χ1v) is 12.1. The number of nitrogens with zero attached hydrogens (tertiary/aromatic N) is 3. The third-order valence-electron chi connectivity index (χ3n) is 6.23. The second-order valence-electron chi connectivity index (χ2n) is 8.80. The zero-order chi connectivity index (χ0) is 26.6. The standard InChI is InChI=1S/C19H23N3O2.C10H9N.CH2O/c1-21(12-15-6-4-3-5-7-15)18-13-22(14-18)19(23)16-8-10-17(11-9-16)20-24-2;1-8-4-2-5-9-6-3-7-11-10(8)9;1-2/h3-11,18,20H,12-14H2,1-2H3;2-7H,1H3;1H2. The number of benzene rings is 3. The van der Waals surface area contributed by atoms with E-state index >= 15 is 0 Å². The Kier molecular flexibility index (Phi) is 10.3. The van der Waals surface area contributed by atoms with E-state index in [1.165, 1.54) is 16.5 Å². The number of aromatic nitrogens is 1. The van der Waals surface area contributed by atoms with E-state index in [1.54, 1.807) is 7.11 Å². The van der Waals surface area contributed by atoms with Crippen LogP contribution in [0.1, 0.15) is 21.5 Å². The molecule has 0 aliphatic carbocycles. The van der Waals surface area contributed by atoms with Gasteiger partial charge >= 0.3 is 0 Å². The van der Waals surface area contributed by atoms with Crippen LogP contribution >= 0.6 is 0 Å².